The normalized spacial score (nSPS) is 18.8. The average Bonchev–Trinajstić information content (AvgIpc) is 2.79. The predicted octanol–water partition coefficient (Wildman–Crippen LogP) is 2.69. The van der Waals surface area contributed by atoms with Crippen LogP contribution < -0.4 is 5.73 Å². The standard InChI is InChI=1S/C18H24N2O2S/c19-17(21)13-23-14-18(22)20-12-6-2-5-9-16(20)11-10-15-7-3-1-4-8-15/h1,3-4,7-8,10-11,16H,2,5-6,9,12-14H2,(H2,19,21)/b11-10+/t16-/m0/s1. The number of rotatable bonds is 6. The molecule has 2 rings (SSSR count). The van der Waals surface area contributed by atoms with E-state index in [1.54, 1.807) is 0 Å². The number of nitrogens with zero attached hydrogens (tertiary/aromatic N) is 1. The summed E-state index contributed by atoms with van der Waals surface area (Å²) in [6.07, 6.45) is 8.57. The van der Waals surface area contributed by atoms with Crippen LogP contribution in [0.1, 0.15) is 31.2 Å². The fraction of sp³-hybridized carbons (Fsp3) is 0.444. The molecule has 124 valence electrons. The Labute approximate surface area is 142 Å². The molecule has 1 aromatic carbocycles. The van der Waals surface area contributed by atoms with E-state index in [9.17, 15) is 9.59 Å². The highest BCUT2D eigenvalue weighted by Crippen LogP contribution is 2.20. The van der Waals surface area contributed by atoms with Gasteiger partial charge in [0.1, 0.15) is 0 Å². The lowest BCUT2D eigenvalue weighted by atomic mass is 10.1. The van der Waals surface area contributed by atoms with Crippen molar-refractivity contribution in [2.45, 2.75) is 31.7 Å². The summed E-state index contributed by atoms with van der Waals surface area (Å²) in [5, 5.41) is 0. The summed E-state index contributed by atoms with van der Waals surface area (Å²) in [6, 6.07) is 10.3. The molecule has 0 saturated carbocycles. The monoisotopic (exact) mass is 332 g/mol. The third kappa shape index (κ3) is 6.10. The number of carbonyl (C=O) groups excluding carboxylic acids is 2. The van der Waals surface area contributed by atoms with Gasteiger partial charge in [-0.15, -0.1) is 11.8 Å². The van der Waals surface area contributed by atoms with Crippen molar-refractivity contribution in [3.05, 3.63) is 42.0 Å². The molecule has 2 amide bonds. The Morgan fingerprint density at radius 1 is 1.17 bits per heavy atom. The number of primary amides is 1. The number of thioether (sulfide) groups is 1. The van der Waals surface area contributed by atoms with Crippen LogP contribution in [-0.4, -0.2) is 40.8 Å². The van der Waals surface area contributed by atoms with Crippen molar-refractivity contribution < 1.29 is 9.59 Å². The molecule has 5 heteroatoms. The maximum absolute atomic E-state index is 12.5. The van der Waals surface area contributed by atoms with E-state index in [-0.39, 0.29) is 23.6 Å². The minimum Gasteiger partial charge on any atom is -0.369 e. The van der Waals surface area contributed by atoms with E-state index in [0.29, 0.717) is 5.75 Å². The first kappa shape index (κ1) is 17.6. The number of benzene rings is 1. The van der Waals surface area contributed by atoms with Crippen molar-refractivity contribution >= 4 is 29.7 Å². The van der Waals surface area contributed by atoms with Crippen LogP contribution in [0.2, 0.25) is 0 Å². The van der Waals surface area contributed by atoms with Crippen molar-refractivity contribution in [1.82, 2.24) is 4.90 Å². The molecule has 1 heterocycles. The summed E-state index contributed by atoms with van der Waals surface area (Å²) in [5.41, 5.74) is 6.27. The van der Waals surface area contributed by atoms with E-state index in [1.165, 1.54) is 11.8 Å². The summed E-state index contributed by atoms with van der Waals surface area (Å²) < 4.78 is 0. The highest BCUT2D eigenvalue weighted by Gasteiger charge is 2.23. The van der Waals surface area contributed by atoms with Gasteiger partial charge in [-0.05, 0) is 18.4 Å². The summed E-state index contributed by atoms with van der Waals surface area (Å²) >= 11 is 1.30. The highest BCUT2D eigenvalue weighted by molar-refractivity contribution is 8.00. The van der Waals surface area contributed by atoms with E-state index in [4.69, 9.17) is 5.73 Å². The molecule has 0 spiro atoms. The Kier molecular flexibility index (Phi) is 7.20. The van der Waals surface area contributed by atoms with Crippen LogP contribution in [-0.2, 0) is 9.59 Å². The second kappa shape index (κ2) is 9.40. The van der Waals surface area contributed by atoms with E-state index < -0.39 is 0 Å². The molecule has 1 aliphatic rings. The molecule has 2 N–H and O–H groups in total. The number of nitrogens with two attached hydrogens (primary N) is 1. The van der Waals surface area contributed by atoms with Gasteiger partial charge in [0.15, 0.2) is 0 Å². The van der Waals surface area contributed by atoms with Crippen molar-refractivity contribution in [3.8, 4) is 0 Å². The van der Waals surface area contributed by atoms with E-state index in [2.05, 4.69) is 24.3 Å². The molecule has 0 radical (unpaired) electrons. The van der Waals surface area contributed by atoms with Gasteiger partial charge in [-0.25, -0.2) is 0 Å². The second-order valence-corrected chi connectivity index (χ2v) is 6.72. The molecule has 1 atom stereocenters. The lowest BCUT2D eigenvalue weighted by molar-refractivity contribution is -0.129. The van der Waals surface area contributed by atoms with E-state index in [1.807, 2.05) is 23.1 Å². The average molecular weight is 332 g/mol. The molecule has 0 bridgehead atoms. The van der Waals surface area contributed by atoms with Gasteiger partial charge in [0, 0.05) is 6.54 Å². The Bertz CT molecular complexity index is 545. The zero-order valence-corrected chi connectivity index (χ0v) is 14.1. The summed E-state index contributed by atoms with van der Waals surface area (Å²) in [7, 11) is 0. The fourth-order valence-electron chi connectivity index (χ4n) is 2.75. The number of hydrogen-bond donors (Lipinski definition) is 1. The number of hydrogen-bond acceptors (Lipinski definition) is 3. The first-order valence-corrected chi connectivity index (χ1v) is 9.21. The number of carbonyl (C=O) groups is 2. The summed E-state index contributed by atoms with van der Waals surface area (Å²) in [4.78, 5) is 25.2. The largest absolute Gasteiger partial charge is 0.369 e. The summed E-state index contributed by atoms with van der Waals surface area (Å²) in [5.74, 6) is 0.239. The quantitative estimate of drug-likeness (QED) is 0.871. The lowest BCUT2D eigenvalue weighted by Gasteiger charge is -2.28. The first-order valence-electron chi connectivity index (χ1n) is 8.05. The van der Waals surface area contributed by atoms with Gasteiger partial charge in [0.05, 0.1) is 17.5 Å². The molecule has 1 saturated heterocycles. The molecule has 0 aliphatic carbocycles. The van der Waals surface area contributed by atoms with Crippen LogP contribution in [0.25, 0.3) is 6.08 Å². The first-order chi connectivity index (χ1) is 11.2. The zero-order chi connectivity index (χ0) is 16.5. The smallest absolute Gasteiger partial charge is 0.233 e. The fourth-order valence-corrected chi connectivity index (χ4v) is 3.40. The minimum absolute atomic E-state index is 0.0980. The molecule has 0 aromatic heterocycles. The van der Waals surface area contributed by atoms with Gasteiger partial charge in [-0.3, -0.25) is 9.59 Å². The van der Waals surface area contributed by atoms with E-state index >= 15 is 0 Å². The molecular weight excluding hydrogens is 308 g/mol. The van der Waals surface area contributed by atoms with Crippen molar-refractivity contribution in [3.63, 3.8) is 0 Å². The summed E-state index contributed by atoms with van der Waals surface area (Å²) in [6.45, 7) is 0.791. The topological polar surface area (TPSA) is 63.4 Å². The Morgan fingerprint density at radius 3 is 2.70 bits per heavy atom. The van der Waals surface area contributed by atoms with Gasteiger partial charge in [0.2, 0.25) is 11.8 Å². The van der Waals surface area contributed by atoms with Gasteiger partial charge in [-0.1, -0.05) is 55.3 Å². The third-order valence-corrected chi connectivity index (χ3v) is 4.84. The Hall–Kier alpha value is -1.75. The maximum atomic E-state index is 12.5. The van der Waals surface area contributed by atoms with Crippen molar-refractivity contribution in [2.75, 3.05) is 18.1 Å². The number of amides is 2. The lowest BCUT2D eigenvalue weighted by Crippen LogP contribution is -2.40. The zero-order valence-electron chi connectivity index (χ0n) is 13.3. The van der Waals surface area contributed by atoms with Crippen LogP contribution in [0.3, 0.4) is 0 Å². The molecule has 1 fully saturated rings. The van der Waals surface area contributed by atoms with Crippen molar-refractivity contribution in [2.24, 2.45) is 5.73 Å². The second-order valence-electron chi connectivity index (χ2n) is 5.73. The van der Waals surface area contributed by atoms with Gasteiger partial charge >= 0.3 is 0 Å². The van der Waals surface area contributed by atoms with Crippen LogP contribution >= 0.6 is 11.8 Å². The molecule has 4 nitrogen and oxygen atoms in total. The highest BCUT2D eigenvalue weighted by atomic mass is 32.2. The molecule has 23 heavy (non-hydrogen) atoms. The molecule has 1 aromatic rings. The third-order valence-electron chi connectivity index (χ3n) is 3.90. The van der Waals surface area contributed by atoms with Gasteiger partial charge in [-0.2, -0.15) is 0 Å². The van der Waals surface area contributed by atoms with E-state index in [0.717, 1.165) is 37.8 Å². The molecule has 1 aliphatic heterocycles. The number of likely N-dealkylation sites (tertiary alicyclic amines) is 1. The predicted molar refractivity (Wildman–Crippen MR) is 96.0 cm³/mol. The van der Waals surface area contributed by atoms with Crippen molar-refractivity contribution in [1.29, 1.82) is 0 Å². The van der Waals surface area contributed by atoms with Crippen LogP contribution in [0.5, 0.6) is 0 Å². The molecule has 0 unspecified atom stereocenters. The Balaban J connectivity index is 1.99. The molecular formula is C18H24N2O2S. The minimum atomic E-state index is -0.376. The SMILES string of the molecule is NC(=O)CSCC(=O)N1CCCCC[C@H]1/C=C/c1ccccc1. The van der Waals surface area contributed by atoms with Crippen LogP contribution in [0.4, 0.5) is 0 Å². The van der Waals surface area contributed by atoms with Crippen LogP contribution in [0, 0.1) is 0 Å². The Morgan fingerprint density at radius 2 is 1.96 bits per heavy atom. The maximum Gasteiger partial charge on any atom is 0.233 e. The van der Waals surface area contributed by atoms with Crippen LogP contribution in [0.15, 0.2) is 36.4 Å². The van der Waals surface area contributed by atoms with Gasteiger partial charge in [0.25, 0.3) is 0 Å². The van der Waals surface area contributed by atoms with Gasteiger partial charge < -0.3 is 10.6 Å².